The van der Waals surface area contributed by atoms with Gasteiger partial charge in [0.25, 0.3) is 0 Å². The molecule has 4 aliphatic carbocycles. The lowest BCUT2D eigenvalue weighted by Crippen LogP contribution is -2.51. The van der Waals surface area contributed by atoms with E-state index in [0.717, 1.165) is 145 Å². The van der Waals surface area contributed by atoms with Crippen LogP contribution >= 0.6 is 0 Å². The number of carbonyl (C=O) groups is 2. The van der Waals surface area contributed by atoms with Crippen LogP contribution in [0.15, 0.2) is 11.6 Å². The smallest absolute Gasteiger partial charge is 0.306 e. The molecule has 7 heteroatoms. The van der Waals surface area contributed by atoms with Crippen molar-refractivity contribution in [3.05, 3.63) is 11.6 Å². The molecule has 0 N–H and O–H groups in total. The number of unbranched alkanes of at least 4 members (excludes halogenated alkanes) is 19. The molecule has 73 heavy (non-hydrogen) atoms. The van der Waals surface area contributed by atoms with E-state index in [0.29, 0.717) is 18.3 Å². The molecule has 3 saturated carbocycles. The van der Waals surface area contributed by atoms with E-state index in [1.807, 2.05) is 0 Å². The van der Waals surface area contributed by atoms with Gasteiger partial charge in [-0.3, -0.25) is 9.59 Å². The van der Waals surface area contributed by atoms with Gasteiger partial charge >= 0.3 is 5.97 Å². The topological polar surface area (TPSA) is 68.3 Å². The molecule has 0 spiro atoms. The first-order valence-corrected chi connectivity index (χ1v) is 32.4. The average molecular weight is 1020 g/mol. The maximum atomic E-state index is 13.7. The first-order chi connectivity index (χ1) is 35.3. The highest BCUT2D eigenvalue weighted by Crippen LogP contribution is 2.67. The zero-order chi connectivity index (χ0) is 52.7. The summed E-state index contributed by atoms with van der Waals surface area (Å²) in [5.41, 5.74) is 2.39. The zero-order valence-corrected chi connectivity index (χ0v) is 50.0. The standard InChI is InChI=1S/C66H122N2O5/c1-10-12-14-16-18-20-22-24-31-51-71-64(72-52-32-25-23-21-19-17-15-13-11-2)39-29-28-37-62(69)68(50-34-48-67(8)9)49-30-26-27-38-63(70)73-57-44-46-65(6)56(53-57)40-41-58-60-43-42-59(55(5)36-33-35-54(3)4)66(60,7)47-45-61(58)65/h40,54-55,57-61,64H,10-39,41-53H2,1-9H3. The predicted molar refractivity (Wildman–Crippen MR) is 310 cm³/mol. The summed E-state index contributed by atoms with van der Waals surface area (Å²) in [5.74, 6) is 5.29. The van der Waals surface area contributed by atoms with E-state index < -0.39 is 0 Å². The molecule has 1 amide bonds. The highest BCUT2D eigenvalue weighted by atomic mass is 16.7. The fourth-order valence-corrected chi connectivity index (χ4v) is 14.9. The van der Waals surface area contributed by atoms with Crippen LogP contribution in [-0.4, -0.2) is 81.0 Å². The van der Waals surface area contributed by atoms with Crippen molar-refractivity contribution >= 4 is 11.9 Å². The Morgan fingerprint density at radius 3 is 1.81 bits per heavy atom. The first kappa shape index (κ1) is 64.1. The quantitative estimate of drug-likeness (QED) is 0.0262. The van der Waals surface area contributed by atoms with Crippen molar-refractivity contribution in [2.75, 3.05) is 46.9 Å². The van der Waals surface area contributed by atoms with Gasteiger partial charge in [0.05, 0.1) is 0 Å². The van der Waals surface area contributed by atoms with E-state index >= 15 is 0 Å². The Morgan fingerprint density at radius 2 is 1.19 bits per heavy atom. The molecule has 4 aliphatic rings. The van der Waals surface area contributed by atoms with Crippen molar-refractivity contribution in [1.29, 1.82) is 0 Å². The van der Waals surface area contributed by atoms with Gasteiger partial charge in [0.2, 0.25) is 5.91 Å². The van der Waals surface area contributed by atoms with Gasteiger partial charge in [-0.25, -0.2) is 0 Å². The number of hydrogen-bond acceptors (Lipinski definition) is 6. The molecular weight excluding hydrogens is 901 g/mol. The monoisotopic (exact) mass is 1020 g/mol. The molecule has 3 fully saturated rings. The number of allylic oxidation sites excluding steroid dienone is 1. The van der Waals surface area contributed by atoms with E-state index in [-0.39, 0.29) is 29.7 Å². The van der Waals surface area contributed by atoms with Gasteiger partial charge in [-0.15, -0.1) is 0 Å². The summed E-state index contributed by atoms with van der Waals surface area (Å²) < 4.78 is 19.0. The molecule has 0 radical (unpaired) electrons. The van der Waals surface area contributed by atoms with Crippen LogP contribution in [0.2, 0.25) is 0 Å². The summed E-state index contributed by atoms with van der Waals surface area (Å²) in [6.45, 7) is 21.3. The summed E-state index contributed by atoms with van der Waals surface area (Å²) in [6, 6.07) is 0. The highest BCUT2D eigenvalue weighted by Gasteiger charge is 2.59. The van der Waals surface area contributed by atoms with Gasteiger partial charge in [0.1, 0.15) is 6.10 Å². The Morgan fingerprint density at radius 1 is 0.603 bits per heavy atom. The van der Waals surface area contributed by atoms with Crippen LogP contribution in [0, 0.1) is 46.3 Å². The molecule has 0 aromatic heterocycles. The Balaban J connectivity index is 1.15. The minimum Gasteiger partial charge on any atom is -0.462 e. The molecule has 4 rings (SSSR count). The molecule has 426 valence electrons. The summed E-state index contributed by atoms with van der Waals surface area (Å²) >= 11 is 0. The van der Waals surface area contributed by atoms with Crippen LogP contribution in [-0.2, 0) is 23.8 Å². The largest absolute Gasteiger partial charge is 0.462 e. The van der Waals surface area contributed by atoms with E-state index in [2.05, 4.69) is 78.4 Å². The van der Waals surface area contributed by atoms with Crippen molar-refractivity contribution in [3.8, 4) is 0 Å². The fourth-order valence-electron chi connectivity index (χ4n) is 14.9. The van der Waals surface area contributed by atoms with Crippen molar-refractivity contribution in [2.24, 2.45) is 46.3 Å². The number of rotatable bonds is 43. The molecule has 8 atom stereocenters. The molecule has 8 unspecified atom stereocenters. The molecule has 0 aliphatic heterocycles. The summed E-state index contributed by atoms with van der Waals surface area (Å²) in [5, 5.41) is 0. The van der Waals surface area contributed by atoms with Gasteiger partial charge in [-0.1, -0.05) is 189 Å². The summed E-state index contributed by atoms with van der Waals surface area (Å²) in [7, 11) is 4.21. The number of esters is 1. The van der Waals surface area contributed by atoms with Gasteiger partial charge < -0.3 is 24.0 Å². The second-order valence-electron chi connectivity index (χ2n) is 26.1. The van der Waals surface area contributed by atoms with Crippen molar-refractivity contribution < 1.29 is 23.8 Å². The van der Waals surface area contributed by atoms with E-state index in [4.69, 9.17) is 14.2 Å². The molecule has 0 bridgehead atoms. The van der Waals surface area contributed by atoms with Crippen LogP contribution < -0.4 is 0 Å². The third kappa shape index (κ3) is 23.2. The fraction of sp³-hybridized carbons (Fsp3) is 0.939. The molecule has 0 aromatic carbocycles. The molecule has 0 saturated heterocycles. The van der Waals surface area contributed by atoms with Crippen LogP contribution in [0.3, 0.4) is 0 Å². The number of carbonyl (C=O) groups excluding carboxylic acids is 2. The zero-order valence-electron chi connectivity index (χ0n) is 50.0. The Bertz CT molecular complexity index is 1460. The number of fused-ring (bicyclic) bond motifs is 5. The number of ether oxygens (including phenoxy) is 3. The van der Waals surface area contributed by atoms with Crippen LogP contribution in [0.4, 0.5) is 0 Å². The van der Waals surface area contributed by atoms with Crippen LogP contribution in [0.5, 0.6) is 0 Å². The summed E-state index contributed by atoms with van der Waals surface area (Å²) in [6.07, 6.45) is 47.7. The van der Waals surface area contributed by atoms with Crippen molar-refractivity contribution in [2.45, 2.75) is 305 Å². The van der Waals surface area contributed by atoms with Crippen LogP contribution in [0.25, 0.3) is 0 Å². The highest BCUT2D eigenvalue weighted by molar-refractivity contribution is 5.76. The molecule has 7 nitrogen and oxygen atoms in total. The minimum absolute atomic E-state index is 0.0254. The minimum atomic E-state index is -0.164. The Hall–Kier alpha value is -1.44. The van der Waals surface area contributed by atoms with Crippen molar-refractivity contribution in [3.63, 3.8) is 0 Å². The van der Waals surface area contributed by atoms with Gasteiger partial charge in [-0.05, 0) is 163 Å². The van der Waals surface area contributed by atoms with Crippen molar-refractivity contribution in [1.82, 2.24) is 9.80 Å². The molecular formula is C66H122N2O5. The van der Waals surface area contributed by atoms with Gasteiger partial charge in [0.15, 0.2) is 6.29 Å². The normalized spacial score (nSPS) is 25.2. The number of hydrogen-bond donors (Lipinski definition) is 0. The second-order valence-corrected chi connectivity index (χ2v) is 26.1. The van der Waals surface area contributed by atoms with Crippen LogP contribution in [0.1, 0.15) is 292 Å². The summed E-state index contributed by atoms with van der Waals surface area (Å²) in [4.78, 5) is 31.3. The SMILES string of the molecule is CCCCCCCCCCCOC(CCCCC(=O)N(CCCCCC(=O)OC1CCC2(C)C(=CCC3C2CCC2(C)C(C(C)CCCC(C)C)CCC32)C1)CCCN(C)C)OCCCCCCCCCCC. The van der Waals surface area contributed by atoms with E-state index in [1.54, 1.807) is 5.57 Å². The number of amides is 1. The van der Waals surface area contributed by atoms with E-state index in [1.165, 1.54) is 154 Å². The first-order valence-electron chi connectivity index (χ1n) is 32.4. The Kier molecular flexibility index (Phi) is 32.1. The number of nitrogens with zero attached hydrogens (tertiary/aromatic N) is 2. The van der Waals surface area contributed by atoms with Gasteiger partial charge in [-0.2, -0.15) is 0 Å². The molecule has 0 heterocycles. The van der Waals surface area contributed by atoms with E-state index in [9.17, 15) is 9.59 Å². The third-order valence-electron chi connectivity index (χ3n) is 19.4. The maximum absolute atomic E-state index is 13.7. The molecule has 0 aromatic rings. The lowest BCUT2D eigenvalue weighted by Gasteiger charge is -2.58. The third-order valence-corrected chi connectivity index (χ3v) is 19.4. The second kappa shape index (κ2) is 36.6. The van der Waals surface area contributed by atoms with Gasteiger partial charge in [0, 0.05) is 45.6 Å². The predicted octanol–water partition coefficient (Wildman–Crippen LogP) is 18.3. The lowest BCUT2D eigenvalue weighted by molar-refractivity contribution is -0.151. The maximum Gasteiger partial charge on any atom is 0.306 e. The lowest BCUT2D eigenvalue weighted by atomic mass is 9.47. The Labute approximate surface area is 453 Å². The average Bonchev–Trinajstić information content (AvgIpc) is 3.72.